The van der Waals surface area contributed by atoms with Crippen LogP contribution < -0.4 is 5.73 Å². The van der Waals surface area contributed by atoms with E-state index in [4.69, 9.17) is 5.73 Å². The molecule has 3 heteroatoms. The Balaban J connectivity index is 2.62. The van der Waals surface area contributed by atoms with Gasteiger partial charge in [-0.3, -0.25) is 0 Å². The molecule has 0 saturated carbocycles. The van der Waals surface area contributed by atoms with Crippen LogP contribution in [0.2, 0.25) is 0 Å². The van der Waals surface area contributed by atoms with Gasteiger partial charge in [-0.1, -0.05) is 26.0 Å². The number of nitrogens with two attached hydrogens (primary N) is 1. The number of anilines is 1. The predicted octanol–water partition coefficient (Wildman–Crippen LogP) is 2.42. The maximum absolute atomic E-state index is 10.2. The van der Waals surface area contributed by atoms with E-state index in [2.05, 4.69) is 25.8 Å². The van der Waals surface area contributed by atoms with Gasteiger partial charge < -0.3 is 15.7 Å². The number of likely N-dealkylation sites (N-methyl/N-ethyl adjacent to an activating group) is 1. The molecule has 1 atom stereocenters. The van der Waals surface area contributed by atoms with E-state index in [9.17, 15) is 5.11 Å². The highest BCUT2D eigenvalue weighted by molar-refractivity contribution is 5.41. The minimum atomic E-state index is -0.468. The first-order valence-electron chi connectivity index (χ1n) is 6.32. The van der Waals surface area contributed by atoms with Crippen molar-refractivity contribution in [1.82, 2.24) is 4.90 Å². The van der Waals surface area contributed by atoms with Crippen molar-refractivity contribution in [2.75, 3.05) is 19.3 Å². The monoisotopic (exact) mass is 236 g/mol. The minimum absolute atomic E-state index is 0.468. The van der Waals surface area contributed by atoms with Gasteiger partial charge in [0, 0.05) is 18.3 Å². The van der Waals surface area contributed by atoms with Crippen LogP contribution in [0.3, 0.4) is 0 Å². The Kier molecular flexibility index (Phi) is 5.45. The van der Waals surface area contributed by atoms with Crippen molar-refractivity contribution in [3.8, 4) is 0 Å². The van der Waals surface area contributed by atoms with Crippen LogP contribution in [0.25, 0.3) is 0 Å². The lowest BCUT2D eigenvalue weighted by atomic mass is 10.1. The highest BCUT2D eigenvalue weighted by Gasteiger charge is 2.15. The molecule has 0 aliphatic carbocycles. The van der Waals surface area contributed by atoms with Crippen LogP contribution in [0.5, 0.6) is 0 Å². The third-order valence-corrected chi connectivity index (χ3v) is 3.32. The minimum Gasteiger partial charge on any atom is -0.399 e. The average Bonchev–Trinajstić information content (AvgIpc) is 2.30. The molecule has 1 unspecified atom stereocenters. The quantitative estimate of drug-likeness (QED) is 0.746. The van der Waals surface area contributed by atoms with Gasteiger partial charge in [-0.15, -0.1) is 0 Å². The van der Waals surface area contributed by atoms with Crippen LogP contribution in [0.4, 0.5) is 5.69 Å². The zero-order chi connectivity index (χ0) is 12.8. The van der Waals surface area contributed by atoms with Gasteiger partial charge in [-0.05, 0) is 37.6 Å². The number of nitrogens with zero attached hydrogens (tertiary/aromatic N) is 1. The zero-order valence-electron chi connectivity index (χ0n) is 11.1. The first-order chi connectivity index (χ1) is 8.08. The molecule has 1 aromatic carbocycles. The van der Waals surface area contributed by atoms with E-state index < -0.39 is 6.10 Å². The number of benzene rings is 1. The van der Waals surface area contributed by atoms with E-state index in [0.717, 1.165) is 18.4 Å². The molecule has 1 rings (SSSR count). The standard InChI is InChI=1S/C14H24N2O/c1-4-13(5-2)16(3)10-14(17)11-7-6-8-12(15)9-11/h6-9,13-14,17H,4-5,10,15H2,1-3H3. The van der Waals surface area contributed by atoms with Gasteiger partial charge in [-0.2, -0.15) is 0 Å². The van der Waals surface area contributed by atoms with Crippen molar-refractivity contribution in [3.63, 3.8) is 0 Å². The van der Waals surface area contributed by atoms with Gasteiger partial charge >= 0.3 is 0 Å². The van der Waals surface area contributed by atoms with E-state index >= 15 is 0 Å². The second-order valence-electron chi connectivity index (χ2n) is 4.60. The van der Waals surface area contributed by atoms with E-state index in [1.165, 1.54) is 0 Å². The molecular formula is C14H24N2O. The fourth-order valence-corrected chi connectivity index (χ4v) is 2.21. The molecule has 3 N–H and O–H groups in total. The van der Waals surface area contributed by atoms with Gasteiger partial charge in [0.1, 0.15) is 0 Å². The lowest BCUT2D eigenvalue weighted by molar-refractivity contribution is 0.101. The maximum Gasteiger partial charge on any atom is 0.0917 e. The first-order valence-corrected chi connectivity index (χ1v) is 6.32. The summed E-state index contributed by atoms with van der Waals surface area (Å²) < 4.78 is 0. The molecule has 1 aromatic rings. The molecule has 0 aliphatic heterocycles. The average molecular weight is 236 g/mol. The molecular weight excluding hydrogens is 212 g/mol. The largest absolute Gasteiger partial charge is 0.399 e. The van der Waals surface area contributed by atoms with Gasteiger partial charge in [0.05, 0.1) is 6.10 Å². The van der Waals surface area contributed by atoms with Crippen LogP contribution in [0.1, 0.15) is 38.4 Å². The molecule has 96 valence electrons. The lowest BCUT2D eigenvalue weighted by Crippen LogP contribution is -2.34. The molecule has 0 fully saturated rings. The summed E-state index contributed by atoms with van der Waals surface area (Å²) in [5.41, 5.74) is 7.31. The normalized spacial score (nSPS) is 13.3. The van der Waals surface area contributed by atoms with E-state index in [1.54, 1.807) is 0 Å². The topological polar surface area (TPSA) is 49.5 Å². The summed E-state index contributed by atoms with van der Waals surface area (Å²) >= 11 is 0. The van der Waals surface area contributed by atoms with Crippen molar-refractivity contribution in [3.05, 3.63) is 29.8 Å². The van der Waals surface area contributed by atoms with Crippen LogP contribution >= 0.6 is 0 Å². The molecule has 3 nitrogen and oxygen atoms in total. The second kappa shape index (κ2) is 6.62. The van der Waals surface area contributed by atoms with Crippen molar-refractivity contribution in [1.29, 1.82) is 0 Å². The molecule has 0 aromatic heterocycles. The smallest absolute Gasteiger partial charge is 0.0917 e. The molecule has 0 radical (unpaired) electrons. The number of hydrogen-bond acceptors (Lipinski definition) is 3. The fraction of sp³-hybridized carbons (Fsp3) is 0.571. The van der Waals surface area contributed by atoms with Gasteiger partial charge in [-0.25, -0.2) is 0 Å². The van der Waals surface area contributed by atoms with Crippen molar-refractivity contribution < 1.29 is 5.11 Å². The van der Waals surface area contributed by atoms with Crippen molar-refractivity contribution >= 4 is 5.69 Å². The number of aliphatic hydroxyl groups is 1. The third kappa shape index (κ3) is 4.02. The summed E-state index contributed by atoms with van der Waals surface area (Å²) in [6.07, 6.45) is 1.75. The van der Waals surface area contributed by atoms with Gasteiger partial charge in [0.2, 0.25) is 0 Å². The molecule has 0 heterocycles. The van der Waals surface area contributed by atoms with E-state index in [-0.39, 0.29) is 0 Å². The summed E-state index contributed by atoms with van der Waals surface area (Å²) in [7, 11) is 2.06. The Labute approximate surface area is 104 Å². The molecule has 0 aliphatic rings. The summed E-state index contributed by atoms with van der Waals surface area (Å²) in [4.78, 5) is 2.22. The molecule has 0 saturated heterocycles. The fourth-order valence-electron chi connectivity index (χ4n) is 2.21. The molecule has 17 heavy (non-hydrogen) atoms. The van der Waals surface area contributed by atoms with Gasteiger partial charge in [0.25, 0.3) is 0 Å². The molecule has 0 bridgehead atoms. The first kappa shape index (κ1) is 14.0. The predicted molar refractivity (Wildman–Crippen MR) is 72.8 cm³/mol. The Morgan fingerprint density at radius 3 is 2.47 bits per heavy atom. The third-order valence-electron chi connectivity index (χ3n) is 3.32. The molecule has 0 spiro atoms. The molecule has 0 amide bonds. The number of nitrogen functional groups attached to an aromatic ring is 1. The Bertz CT molecular complexity index is 337. The van der Waals surface area contributed by atoms with E-state index in [1.807, 2.05) is 24.3 Å². The van der Waals surface area contributed by atoms with E-state index in [0.29, 0.717) is 18.3 Å². The van der Waals surface area contributed by atoms with Crippen LogP contribution in [-0.2, 0) is 0 Å². The Morgan fingerprint density at radius 2 is 1.94 bits per heavy atom. The zero-order valence-corrected chi connectivity index (χ0v) is 11.1. The summed E-state index contributed by atoms with van der Waals surface area (Å²) in [5, 5.41) is 10.2. The van der Waals surface area contributed by atoms with Crippen molar-refractivity contribution in [2.24, 2.45) is 0 Å². The summed E-state index contributed by atoms with van der Waals surface area (Å²) in [6, 6.07) is 8.00. The summed E-state index contributed by atoms with van der Waals surface area (Å²) in [6.45, 7) is 5.00. The maximum atomic E-state index is 10.2. The van der Waals surface area contributed by atoms with Crippen LogP contribution in [0, 0.1) is 0 Å². The summed E-state index contributed by atoms with van der Waals surface area (Å²) in [5.74, 6) is 0. The Morgan fingerprint density at radius 1 is 1.29 bits per heavy atom. The second-order valence-corrected chi connectivity index (χ2v) is 4.60. The number of rotatable bonds is 6. The van der Waals surface area contributed by atoms with Crippen molar-refractivity contribution in [2.45, 2.75) is 38.8 Å². The van der Waals surface area contributed by atoms with Gasteiger partial charge in [0.15, 0.2) is 0 Å². The van der Waals surface area contributed by atoms with Crippen LogP contribution in [-0.4, -0.2) is 29.6 Å². The Hall–Kier alpha value is -1.06. The SMILES string of the molecule is CCC(CC)N(C)CC(O)c1cccc(N)c1. The lowest BCUT2D eigenvalue weighted by Gasteiger charge is -2.28. The number of hydrogen-bond donors (Lipinski definition) is 2. The highest BCUT2D eigenvalue weighted by Crippen LogP contribution is 2.18. The number of aliphatic hydroxyl groups excluding tert-OH is 1. The highest BCUT2D eigenvalue weighted by atomic mass is 16.3. The van der Waals surface area contributed by atoms with Crippen LogP contribution in [0.15, 0.2) is 24.3 Å².